The van der Waals surface area contributed by atoms with Crippen molar-refractivity contribution in [3.63, 3.8) is 0 Å². The van der Waals surface area contributed by atoms with Gasteiger partial charge in [-0.1, -0.05) is 41.4 Å². The number of benzene rings is 2. The Kier molecular flexibility index (Phi) is 4.78. The molecule has 3 aromatic rings. The number of sulfonamides is 1. The Balaban J connectivity index is 1.78. The number of hydrogen-bond donors (Lipinski definition) is 1. The first kappa shape index (κ1) is 17.4. The van der Waals surface area contributed by atoms with Crippen molar-refractivity contribution in [1.82, 2.24) is 14.8 Å². The molecule has 0 bridgehead atoms. The molecule has 3 rings (SSSR count). The molecule has 6 nitrogen and oxygen atoms in total. The minimum Gasteiger partial charge on any atom is -0.246 e. The lowest BCUT2D eigenvalue weighted by atomic mass is 10.2. The molecule has 1 aromatic heterocycles. The third-order valence-corrected chi connectivity index (χ3v) is 5.34. The number of anilines is 1. The second-order valence-corrected chi connectivity index (χ2v) is 7.86. The second kappa shape index (κ2) is 6.85. The Labute approximate surface area is 151 Å². The lowest BCUT2D eigenvalue weighted by Gasteiger charge is -2.08. The molecule has 0 spiro atoms. The molecule has 0 aliphatic carbocycles. The van der Waals surface area contributed by atoms with E-state index in [0.29, 0.717) is 17.1 Å². The van der Waals surface area contributed by atoms with Crippen LogP contribution in [0.25, 0.3) is 0 Å². The van der Waals surface area contributed by atoms with Gasteiger partial charge in [0.15, 0.2) is 0 Å². The van der Waals surface area contributed by atoms with Crippen LogP contribution in [0.3, 0.4) is 0 Å². The molecule has 0 saturated carbocycles. The van der Waals surface area contributed by atoms with Crippen molar-refractivity contribution in [2.45, 2.75) is 25.3 Å². The molecule has 0 amide bonds. The van der Waals surface area contributed by atoms with Crippen molar-refractivity contribution in [1.29, 1.82) is 0 Å². The second-order valence-electron chi connectivity index (χ2n) is 5.77. The molecule has 130 valence electrons. The Morgan fingerprint density at radius 3 is 2.68 bits per heavy atom. The highest BCUT2D eigenvalue weighted by molar-refractivity contribution is 7.92. The Morgan fingerprint density at radius 1 is 1.16 bits per heavy atom. The molecule has 0 aliphatic rings. The molecule has 2 aromatic carbocycles. The average molecular weight is 377 g/mol. The summed E-state index contributed by atoms with van der Waals surface area (Å²) in [5, 5.41) is 4.80. The first-order valence-corrected chi connectivity index (χ1v) is 9.43. The number of hydrogen-bond acceptors (Lipinski definition) is 4. The fourth-order valence-electron chi connectivity index (χ4n) is 2.52. The molecule has 0 atom stereocenters. The Bertz CT molecular complexity index is 1010. The summed E-state index contributed by atoms with van der Waals surface area (Å²) < 4.78 is 29.0. The Hall–Kier alpha value is -2.38. The van der Waals surface area contributed by atoms with Gasteiger partial charge >= 0.3 is 0 Å². The summed E-state index contributed by atoms with van der Waals surface area (Å²) in [6.07, 6.45) is 1.47. The van der Waals surface area contributed by atoms with E-state index in [0.717, 1.165) is 11.1 Å². The molecular formula is C17H17ClN4O2S. The van der Waals surface area contributed by atoms with E-state index in [1.807, 2.05) is 31.2 Å². The van der Waals surface area contributed by atoms with Crippen LogP contribution in [0.1, 0.15) is 16.7 Å². The third kappa shape index (κ3) is 4.18. The van der Waals surface area contributed by atoms with E-state index in [1.54, 1.807) is 29.8 Å². The summed E-state index contributed by atoms with van der Waals surface area (Å²) in [5.74, 6) is 0.0296. The quantitative estimate of drug-likeness (QED) is 0.740. The molecule has 1 N–H and O–H groups in total. The van der Waals surface area contributed by atoms with Crippen molar-refractivity contribution in [2.24, 2.45) is 0 Å². The number of aryl methyl sites for hydroxylation is 2. The molecule has 0 saturated heterocycles. The molecule has 1 heterocycles. The highest BCUT2D eigenvalue weighted by atomic mass is 35.5. The van der Waals surface area contributed by atoms with E-state index in [2.05, 4.69) is 14.8 Å². The number of nitrogens with zero attached hydrogens (tertiary/aromatic N) is 3. The predicted molar refractivity (Wildman–Crippen MR) is 97.3 cm³/mol. The van der Waals surface area contributed by atoms with Crippen LogP contribution in [0.2, 0.25) is 5.02 Å². The summed E-state index contributed by atoms with van der Waals surface area (Å²) in [5.41, 5.74) is 2.62. The zero-order chi connectivity index (χ0) is 18.0. The van der Waals surface area contributed by atoms with Gasteiger partial charge < -0.3 is 0 Å². The van der Waals surface area contributed by atoms with Crippen molar-refractivity contribution in [3.05, 3.63) is 70.5 Å². The van der Waals surface area contributed by atoms with Gasteiger partial charge in [-0.15, -0.1) is 5.10 Å². The normalized spacial score (nSPS) is 11.5. The van der Waals surface area contributed by atoms with E-state index in [1.165, 1.54) is 6.33 Å². The van der Waals surface area contributed by atoms with Crippen molar-refractivity contribution >= 4 is 27.6 Å². The van der Waals surface area contributed by atoms with Crippen LogP contribution in [0.5, 0.6) is 0 Å². The summed E-state index contributed by atoms with van der Waals surface area (Å²) >= 11 is 5.96. The van der Waals surface area contributed by atoms with E-state index in [4.69, 9.17) is 11.6 Å². The van der Waals surface area contributed by atoms with Crippen LogP contribution in [-0.4, -0.2) is 23.2 Å². The molecule has 0 aliphatic heterocycles. The third-order valence-electron chi connectivity index (χ3n) is 3.62. The van der Waals surface area contributed by atoms with Crippen molar-refractivity contribution < 1.29 is 8.42 Å². The SMILES string of the molecule is Cc1ccc(S(=O)(=O)Nc2ncn(Cc3cccc(Cl)c3)n2)c(C)c1. The highest BCUT2D eigenvalue weighted by Crippen LogP contribution is 2.19. The first-order valence-electron chi connectivity index (χ1n) is 7.57. The van der Waals surface area contributed by atoms with Gasteiger partial charge in [-0.3, -0.25) is 0 Å². The lowest BCUT2D eigenvalue weighted by molar-refractivity contribution is 0.600. The number of nitrogens with one attached hydrogen (secondary N) is 1. The van der Waals surface area contributed by atoms with Crippen molar-refractivity contribution in [2.75, 3.05) is 4.72 Å². The summed E-state index contributed by atoms with van der Waals surface area (Å²) in [7, 11) is -3.74. The largest absolute Gasteiger partial charge is 0.264 e. The maximum Gasteiger partial charge on any atom is 0.264 e. The zero-order valence-corrected chi connectivity index (χ0v) is 15.3. The summed E-state index contributed by atoms with van der Waals surface area (Å²) in [6, 6.07) is 12.5. The van der Waals surface area contributed by atoms with Gasteiger partial charge in [-0.2, -0.15) is 4.98 Å². The molecule has 0 radical (unpaired) electrons. The minimum atomic E-state index is -3.74. The molecule has 8 heteroatoms. The first-order chi connectivity index (χ1) is 11.8. The van der Waals surface area contributed by atoms with E-state index < -0.39 is 10.0 Å². The van der Waals surface area contributed by atoms with E-state index in [-0.39, 0.29) is 10.8 Å². The van der Waals surface area contributed by atoms with Crippen molar-refractivity contribution in [3.8, 4) is 0 Å². The summed E-state index contributed by atoms with van der Waals surface area (Å²) in [6.45, 7) is 4.11. The molecule has 25 heavy (non-hydrogen) atoms. The number of rotatable bonds is 5. The van der Waals surface area contributed by atoms with Gasteiger partial charge in [-0.05, 0) is 43.2 Å². The Morgan fingerprint density at radius 2 is 1.96 bits per heavy atom. The minimum absolute atomic E-state index is 0.0296. The van der Waals surface area contributed by atoms with Gasteiger partial charge in [0, 0.05) is 5.02 Å². The smallest absolute Gasteiger partial charge is 0.246 e. The van der Waals surface area contributed by atoms with Gasteiger partial charge in [0.1, 0.15) is 6.33 Å². The van der Waals surface area contributed by atoms with Crippen LogP contribution in [0.4, 0.5) is 5.95 Å². The zero-order valence-electron chi connectivity index (χ0n) is 13.8. The van der Waals surface area contributed by atoms with Gasteiger partial charge in [0.25, 0.3) is 16.0 Å². The number of aromatic nitrogens is 3. The van der Waals surface area contributed by atoms with Crippen LogP contribution < -0.4 is 4.72 Å². The molecular weight excluding hydrogens is 360 g/mol. The number of halogens is 1. The standard InChI is InChI=1S/C17H17ClN4O2S/c1-12-6-7-16(13(2)8-12)25(23,24)21-17-19-11-22(20-17)10-14-4-3-5-15(18)9-14/h3-9,11H,10H2,1-2H3,(H,20,21). The fourth-order valence-corrected chi connectivity index (χ4v) is 3.90. The maximum atomic E-state index is 12.5. The predicted octanol–water partition coefficient (Wildman–Crippen LogP) is 3.40. The van der Waals surface area contributed by atoms with Gasteiger partial charge in [-0.25, -0.2) is 17.8 Å². The maximum absolute atomic E-state index is 12.5. The fraction of sp³-hybridized carbons (Fsp3) is 0.176. The van der Waals surface area contributed by atoms with Gasteiger partial charge in [0.2, 0.25) is 0 Å². The van der Waals surface area contributed by atoms with Gasteiger partial charge in [0.05, 0.1) is 11.4 Å². The highest BCUT2D eigenvalue weighted by Gasteiger charge is 2.18. The van der Waals surface area contributed by atoms with Crippen LogP contribution in [0, 0.1) is 13.8 Å². The monoisotopic (exact) mass is 376 g/mol. The lowest BCUT2D eigenvalue weighted by Crippen LogP contribution is -2.15. The van der Waals surface area contributed by atoms with Crippen LogP contribution >= 0.6 is 11.6 Å². The molecule has 0 unspecified atom stereocenters. The topological polar surface area (TPSA) is 76.9 Å². The van der Waals surface area contributed by atoms with Crippen LogP contribution in [0.15, 0.2) is 53.7 Å². The summed E-state index contributed by atoms with van der Waals surface area (Å²) in [4.78, 5) is 4.23. The average Bonchev–Trinajstić information content (AvgIpc) is 2.93. The molecule has 0 fully saturated rings. The van der Waals surface area contributed by atoms with E-state index in [9.17, 15) is 8.42 Å². The van der Waals surface area contributed by atoms with E-state index >= 15 is 0 Å². The van der Waals surface area contributed by atoms with Crippen LogP contribution in [-0.2, 0) is 16.6 Å².